The number of aryl methyl sites for hydroxylation is 1. The van der Waals surface area contributed by atoms with Gasteiger partial charge in [0.25, 0.3) is 0 Å². The Morgan fingerprint density at radius 2 is 2.35 bits per heavy atom. The predicted octanol–water partition coefficient (Wildman–Crippen LogP) is 1.81. The van der Waals surface area contributed by atoms with Crippen molar-refractivity contribution in [2.75, 3.05) is 17.6 Å². The molecule has 0 amide bonds. The number of hydrogen-bond donors (Lipinski definition) is 2. The lowest BCUT2D eigenvalue weighted by Crippen LogP contribution is -2.07. The second-order valence-corrected chi connectivity index (χ2v) is 4.61. The van der Waals surface area contributed by atoms with Crippen LogP contribution in [0.2, 0.25) is 0 Å². The summed E-state index contributed by atoms with van der Waals surface area (Å²) in [6.45, 7) is 0.784. The monoisotopic (exact) mass is 295 g/mol. The molecule has 0 fully saturated rings. The zero-order valence-corrected chi connectivity index (χ0v) is 11.1. The van der Waals surface area contributed by atoms with Crippen LogP contribution in [-0.4, -0.2) is 21.3 Å². The fraction of sp³-hybridized carbons (Fsp3) is 0.273. The van der Waals surface area contributed by atoms with E-state index in [1.54, 1.807) is 10.9 Å². The van der Waals surface area contributed by atoms with Crippen molar-refractivity contribution in [3.05, 3.63) is 34.7 Å². The van der Waals surface area contributed by atoms with E-state index in [1.807, 2.05) is 25.4 Å². The standard InChI is InChI=1S/C11H14BrN5/c1-17-5-3-9(16-17)2-4-14-11-10(12)6-8(13)7-15-11/h3,5-7H,2,4,13H2,1H3,(H,14,15). The molecule has 0 bridgehead atoms. The van der Waals surface area contributed by atoms with Gasteiger partial charge in [0.1, 0.15) is 5.82 Å². The number of nitrogens with two attached hydrogens (primary N) is 1. The first-order valence-electron chi connectivity index (χ1n) is 5.28. The van der Waals surface area contributed by atoms with E-state index < -0.39 is 0 Å². The van der Waals surface area contributed by atoms with Gasteiger partial charge >= 0.3 is 0 Å². The molecule has 0 aliphatic carbocycles. The maximum absolute atomic E-state index is 5.62. The second kappa shape index (κ2) is 5.18. The van der Waals surface area contributed by atoms with E-state index in [4.69, 9.17) is 5.73 Å². The van der Waals surface area contributed by atoms with Gasteiger partial charge in [-0.25, -0.2) is 4.98 Å². The zero-order chi connectivity index (χ0) is 12.3. The number of rotatable bonds is 4. The Balaban J connectivity index is 1.90. The summed E-state index contributed by atoms with van der Waals surface area (Å²) in [5.41, 5.74) is 7.32. The maximum Gasteiger partial charge on any atom is 0.140 e. The van der Waals surface area contributed by atoms with Crippen LogP contribution in [0.4, 0.5) is 11.5 Å². The first kappa shape index (κ1) is 11.9. The molecule has 90 valence electrons. The molecule has 0 aliphatic heterocycles. The number of nitrogens with one attached hydrogen (secondary N) is 1. The molecule has 5 nitrogen and oxygen atoms in total. The van der Waals surface area contributed by atoms with Crippen molar-refractivity contribution in [1.82, 2.24) is 14.8 Å². The third-order valence-electron chi connectivity index (χ3n) is 2.30. The Bertz CT molecular complexity index is 508. The molecule has 0 radical (unpaired) electrons. The molecule has 0 aromatic carbocycles. The van der Waals surface area contributed by atoms with Gasteiger partial charge in [-0.3, -0.25) is 4.68 Å². The highest BCUT2D eigenvalue weighted by atomic mass is 79.9. The molecule has 17 heavy (non-hydrogen) atoms. The average molecular weight is 296 g/mol. The first-order chi connectivity index (χ1) is 8.15. The zero-order valence-electron chi connectivity index (χ0n) is 9.52. The summed E-state index contributed by atoms with van der Waals surface area (Å²) in [4.78, 5) is 4.21. The third kappa shape index (κ3) is 3.20. The lowest BCUT2D eigenvalue weighted by Gasteiger charge is -2.06. The van der Waals surface area contributed by atoms with Crippen molar-refractivity contribution < 1.29 is 0 Å². The Labute approximate surface area is 108 Å². The smallest absolute Gasteiger partial charge is 0.140 e. The lowest BCUT2D eigenvalue weighted by atomic mass is 10.3. The van der Waals surface area contributed by atoms with Gasteiger partial charge in [-0.15, -0.1) is 0 Å². The van der Waals surface area contributed by atoms with Crippen LogP contribution in [0.1, 0.15) is 5.69 Å². The Hall–Kier alpha value is -1.56. The van der Waals surface area contributed by atoms with Crippen LogP contribution in [0.25, 0.3) is 0 Å². The molecule has 3 N–H and O–H groups in total. The normalized spacial score (nSPS) is 10.5. The molecular formula is C11H14BrN5. The number of nitrogen functional groups attached to an aromatic ring is 1. The van der Waals surface area contributed by atoms with Gasteiger partial charge in [0.2, 0.25) is 0 Å². The Morgan fingerprint density at radius 1 is 1.53 bits per heavy atom. The number of anilines is 2. The first-order valence-corrected chi connectivity index (χ1v) is 6.08. The minimum atomic E-state index is 0.646. The summed E-state index contributed by atoms with van der Waals surface area (Å²) in [5, 5.41) is 7.54. The van der Waals surface area contributed by atoms with E-state index in [1.165, 1.54) is 0 Å². The van der Waals surface area contributed by atoms with Crippen molar-refractivity contribution in [1.29, 1.82) is 0 Å². The van der Waals surface area contributed by atoms with Crippen molar-refractivity contribution in [3.63, 3.8) is 0 Å². The van der Waals surface area contributed by atoms with Crippen LogP contribution < -0.4 is 11.1 Å². The quantitative estimate of drug-likeness (QED) is 0.903. The Kier molecular flexibility index (Phi) is 3.63. The van der Waals surface area contributed by atoms with Gasteiger partial charge in [0.15, 0.2) is 0 Å². The van der Waals surface area contributed by atoms with Crippen LogP contribution in [-0.2, 0) is 13.5 Å². The molecule has 2 aromatic rings. The summed E-state index contributed by atoms with van der Waals surface area (Å²) in [5.74, 6) is 0.801. The average Bonchev–Trinajstić information content (AvgIpc) is 2.68. The van der Waals surface area contributed by atoms with Gasteiger partial charge in [-0.05, 0) is 28.1 Å². The number of nitrogens with zero attached hydrogens (tertiary/aromatic N) is 3. The number of pyridine rings is 1. The number of halogens is 1. The molecule has 2 heterocycles. The van der Waals surface area contributed by atoms with Crippen molar-refractivity contribution in [3.8, 4) is 0 Å². The molecule has 0 aliphatic rings. The SMILES string of the molecule is Cn1ccc(CCNc2ncc(N)cc2Br)n1. The number of hydrogen-bond acceptors (Lipinski definition) is 4. The molecule has 0 unspecified atom stereocenters. The Morgan fingerprint density at radius 3 is 3.00 bits per heavy atom. The molecule has 0 atom stereocenters. The summed E-state index contributed by atoms with van der Waals surface area (Å²) in [6, 6.07) is 3.84. The lowest BCUT2D eigenvalue weighted by molar-refractivity contribution is 0.742. The van der Waals surface area contributed by atoms with E-state index in [0.29, 0.717) is 5.69 Å². The van der Waals surface area contributed by atoms with Crippen LogP contribution in [0, 0.1) is 0 Å². The van der Waals surface area contributed by atoms with Crippen LogP contribution in [0.15, 0.2) is 29.0 Å². The molecule has 6 heteroatoms. The van der Waals surface area contributed by atoms with Gasteiger partial charge in [0, 0.05) is 26.2 Å². The molecule has 0 spiro atoms. The van der Waals surface area contributed by atoms with E-state index in [9.17, 15) is 0 Å². The van der Waals surface area contributed by atoms with Crippen molar-refractivity contribution in [2.24, 2.45) is 7.05 Å². The van der Waals surface area contributed by atoms with Gasteiger partial charge < -0.3 is 11.1 Å². The number of aromatic nitrogens is 3. The summed E-state index contributed by atoms with van der Waals surface area (Å²) in [7, 11) is 1.91. The predicted molar refractivity (Wildman–Crippen MR) is 71.8 cm³/mol. The highest BCUT2D eigenvalue weighted by molar-refractivity contribution is 9.10. The molecular weight excluding hydrogens is 282 g/mol. The van der Waals surface area contributed by atoms with Crippen LogP contribution in [0.3, 0.4) is 0 Å². The topological polar surface area (TPSA) is 68.8 Å². The minimum Gasteiger partial charge on any atom is -0.397 e. The molecule has 0 saturated heterocycles. The van der Waals surface area contributed by atoms with Crippen LogP contribution >= 0.6 is 15.9 Å². The summed E-state index contributed by atoms with van der Waals surface area (Å²) in [6.07, 6.45) is 4.43. The molecule has 0 saturated carbocycles. The van der Waals surface area contributed by atoms with E-state index in [-0.39, 0.29) is 0 Å². The summed E-state index contributed by atoms with van der Waals surface area (Å²) >= 11 is 3.41. The largest absolute Gasteiger partial charge is 0.397 e. The second-order valence-electron chi connectivity index (χ2n) is 3.76. The fourth-order valence-electron chi connectivity index (χ4n) is 1.49. The fourth-order valence-corrected chi connectivity index (χ4v) is 2.00. The molecule has 2 rings (SSSR count). The van der Waals surface area contributed by atoms with Crippen LogP contribution in [0.5, 0.6) is 0 Å². The van der Waals surface area contributed by atoms with Crippen molar-refractivity contribution in [2.45, 2.75) is 6.42 Å². The van der Waals surface area contributed by atoms with E-state index in [2.05, 4.69) is 31.3 Å². The van der Waals surface area contributed by atoms with Gasteiger partial charge in [-0.2, -0.15) is 5.10 Å². The third-order valence-corrected chi connectivity index (χ3v) is 2.91. The van der Waals surface area contributed by atoms with Crippen molar-refractivity contribution >= 4 is 27.4 Å². The highest BCUT2D eigenvalue weighted by Crippen LogP contribution is 2.21. The highest BCUT2D eigenvalue weighted by Gasteiger charge is 2.02. The molecule has 2 aromatic heterocycles. The van der Waals surface area contributed by atoms with Gasteiger partial charge in [-0.1, -0.05) is 0 Å². The minimum absolute atomic E-state index is 0.646. The van der Waals surface area contributed by atoms with Gasteiger partial charge in [0.05, 0.1) is 22.1 Å². The summed E-state index contributed by atoms with van der Waals surface area (Å²) < 4.78 is 2.67. The van der Waals surface area contributed by atoms with E-state index >= 15 is 0 Å². The maximum atomic E-state index is 5.62. The van der Waals surface area contributed by atoms with E-state index in [0.717, 1.165) is 29.0 Å².